The molecule has 1 amide bonds. The molecule has 0 radical (unpaired) electrons. The average molecular weight is 284 g/mol. The van der Waals surface area contributed by atoms with E-state index in [4.69, 9.17) is 4.74 Å². The van der Waals surface area contributed by atoms with Crippen molar-refractivity contribution >= 4 is 22.5 Å². The van der Waals surface area contributed by atoms with Gasteiger partial charge in [-0.25, -0.2) is 4.39 Å². The lowest BCUT2D eigenvalue weighted by Crippen LogP contribution is -2.12. The molecule has 1 heterocycles. The predicted octanol–water partition coefficient (Wildman–Crippen LogP) is 3.57. The largest absolute Gasteiger partial charge is 0.497 e. The maximum Gasteiger partial charge on any atom is 0.272 e. The van der Waals surface area contributed by atoms with Gasteiger partial charge in [-0.1, -0.05) is 6.07 Å². The van der Waals surface area contributed by atoms with Crippen LogP contribution in [0.3, 0.4) is 0 Å². The lowest BCUT2D eigenvalue weighted by Gasteiger charge is -2.03. The lowest BCUT2D eigenvalue weighted by atomic mass is 10.2. The Morgan fingerprint density at radius 2 is 2.05 bits per heavy atom. The Bertz CT molecular complexity index is 811. The zero-order valence-electron chi connectivity index (χ0n) is 11.3. The fourth-order valence-corrected chi connectivity index (χ4v) is 2.12. The van der Waals surface area contributed by atoms with Gasteiger partial charge in [-0.05, 0) is 42.5 Å². The van der Waals surface area contributed by atoms with Crippen molar-refractivity contribution in [2.45, 2.75) is 0 Å². The third kappa shape index (κ3) is 2.72. The molecular formula is C16H13FN2O2. The highest BCUT2D eigenvalue weighted by molar-refractivity contribution is 6.06. The number of rotatable bonds is 3. The van der Waals surface area contributed by atoms with Crippen LogP contribution in [0.5, 0.6) is 5.75 Å². The molecule has 3 rings (SSSR count). The molecule has 0 aliphatic carbocycles. The van der Waals surface area contributed by atoms with Crippen LogP contribution >= 0.6 is 0 Å². The van der Waals surface area contributed by atoms with Crippen LogP contribution in [0.25, 0.3) is 10.9 Å². The minimum absolute atomic E-state index is 0.323. The standard InChI is InChI=1S/C16H13FN2O2/c1-21-13-5-6-14-10(7-13)8-15(19-14)16(20)18-12-4-2-3-11(17)9-12/h2-9,19H,1H3,(H,18,20). The molecule has 0 bridgehead atoms. The van der Waals surface area contributed by atoms with Crippen molar-refractivity contribution < 1.29 is 13.9 Å². The second kappa shape index (κ2) is 5.28. The summed E-state index contributed by atoms with van der Waals surface area (Å²) in [6.45, 7) is 0. The topological polar surface area (TPSA) is 54.1 Å². The van der Waals surface area contributed by atoms with E-state index < -0.39 is 5.82 Å². The highest BCUT2D eigenvalue weighted by Crippen LogP contribution is 2.22. The average Bonchev–Trinajstić information content (AvgIpc) is 2.90. The molecule has 106 valence electrons. The maximum absolute atomic E-state index is 13.1. The van der Waals surface area contributed by atoms with Gasteiger partial charge in [0.25, 0.3) is 5.91 Å². The molecule has 4 nitrogen and oxygen atoms in total. The number of methoxy groups -OCH3 is 1. The summed E-state index contributed by atoms with van der Waals surface area (Å²) in [5, 5.41) is 3.52. The first-order chi connectivity index (χ1) is 10.2. The number of H-pyrrole nitrogens is 1. The Morgan fingerprint density at radius 1 is 1.19 bits per heavy atom. The highest BCUT2D eigenvalue weighted by Gasteiger charge is 2.10. The van der Waals surface area contributed by atoms with E-state index in [-0.39, 0.29) is 5.91 Å². The molecule has 2 N–H and O–H groups in total. The number of hydrogen-bond donors (Lipinski definition) is 2. The number of ether oxygens (including phenoxy) is 1. The van der Waals surface area contributed by atoms with Gasteiger partial charge in [-0.2, -0.15) is 0 Å². The number of carbonyl (C=O) groups excluding carboxylic acids is 1. The van der Waals surface area contributed by atoms with E-state index in [2.05, 4.69) is 10.3 Å². The number of amides is 1. The van der Waals surface area contributed by atoms with Crippen LogP contribution < -0.4 is 10.1 Å². The third-order valence-electron chi connectivity index (χ3n) is 3.16. The van der Waals surface area contributed by atoms with Gasteiger partial charge in [-0.3, -0.25) is 4.79 Å². The minimum Gasteiger partial charge on any atom is -0.497 e. The SMILES string of the molecule is COc1ccc2[nH]c(C(=O)Nc3cccc(F)c3)cc2c1. The molecule has 0 spiro atoms. The molecule has 0 atom stereocenters. The van der Waals surface area contributed by atoms with Gasteiger partial charge < -0.3 is 15.0 Å². The van der Waals surface area contributed by atoms with Crippen molar-refractivity contribution in [3.8, 4) is 5.75 Å². The van der Waals surface area contributed by atoms with Crippen LogP contribution in [-0.2, 0) is 0 Å². The number of nitrogens with one attached hydrogen (secondary N) is 2. The van der Waals surface area contributed by atoms with E-state index in [1.54, 1.807) is 25.3 Å². The fraction of sp³-hybridized carbons (Fsp3) is 0.0625. The number of halogens is 1. The molecule has 0 saturated carbocycles. The quantitative estimate of drug-likeness (QED) is 0.772. The smallest absolute Gasteiger partial charge is 0.272 e. The maximum atomic E-state index is 13.1. The van der Waals surface area contributed by atoms with Gasteiger partial charge in [0.05, 0.1) is 7.11 Å². The van der Waals surface area contributed by atoms with Crippen molar-refractivity contribution in [2.75, 3.05) is 12.4 Å². The Hall–Kier alpha value is -2.82. The number of aromatic nitrogens is 1. The van der Waals surface area contributed by atoms with Crippen molar-refractivity contribution in [3.63, 3.8) is 0 Å². The second-order valence-electron chi connectivity index (χ2n) is 4.60. The van der Waals surface area contributed by atoms with E-state index in [0.717, 1.165) is 16.7 Å². The zero-order chi connectivity index (χ0) is 14.8. The monoisotopic (exact) mass is 284 g/mol. The summed E-state index contributed by atoms with van der Waals surface area (Å²) in [6.07, 6.45) is 0. The third-order valence-corrected chi connectivity index (χ3v) is 3.16. The van der Waals surface area contributed by atoms with Crippen LogP contribution in [0, 0.1) is 5.82 Å². The van der Waals surface area contributed by atoms with Crippen molar-refractivity contribution in [3.05, 3.63) is 60.0 Å². The molecule has 1 aromatic heterocycles. The summed E-state index contributed by atoms with van der Waals surface area (Å²) >= 11 is 0. The van der Waals surface area contributed by atoms with Crippen molar-refractivity contribution in [2.24, 2.45) is 0 Å². The summed E-state index contributed by atoms with van der Waals surface area (Å²) in [4.78, 5) is 15.2. The van der Waals surface area contributed by atoms with E-state index in [0.29, 0.717) is 11.4 Å². The number of benzene rings is 2. The first kappa shape index (κ1) is 13.2. The molecule has 0 fully saturated rings. The molecule has 2 aromatic carbocycles. The lowest BCUT2D eigenvalue weighted by molar-refractivity contribution is 0.102. The van der Waals surface area contributed by atoms with Crippen LogP contribution in [0.4, 0.5) is 10.1 Å². The minimum atomic E-state index is -0.394. The first-order valence-electron chi connectivity index (χ1n) is 6.39. The second-order valence-corrected chi connectivity index (χ2v) is 4.60. The summed E-state index contributed by atoms with van der Waals surface area (Å²) in [5.74, 6) is 0.00328. The normalized spacial score (nSPS) is 10.6. The van der Waals surface area contributed by atoms with Crippen LogP contribution in [0.15, 0.2) is 48.5 Å². The highest BCUT2D eigenvalue weighted by atomic mass is 19.1. The molecule has 21 heavy (non-hydrogen) atoms. The van der Waals surface area contributed by atoms with Crippen LogP contribution in [0.2, 0.25) is 0 Å². The van der Waals surface area contributed by atoms with E-state index in [1.165, 1.54) is 12.1 Å². The van der Waals surface area contributed by atoms with Crippen LogP contribution in [0.1, 0.15) is 10.5 Å². The predicted molar refractivity (Wildman–Crippen MR) is 79.2 cm³/mol. The summed E-state index contributed by atoms with van der Waals surface area (Å²) in [6, 6.07) is 13.0. The van der Waals surface area contributed by atoms with Crippen LogP contribution in [-0.4, -0.2) is 18.0 Å². The number of carbonyl (C=O) groups is 1. The van der Waals surface area contributed by atoms with Gasteiger partial charge in [0.2, 0.25) is 0 Å². The van der Waals surface area contributed by atoms with Gasteiger partial charge >= 0.3 is 0 Å². The molecule has 5 heteroatoms. The molecule has 0 aliphatic rings. The molecule has 0 saturated heterocycles. The molecule has 0 aliphatic heterocycles. The zero-order valence-corrected chi connectivity index (χ0v) is 11.3. The number of anilines is 1. The number of aromatic amines is 1. The van der Waals surface area contributed by atoms with Gasteiger partial charge in [0.1, 0.15) is 17.3 Å². The van der Waals surface area contributed by atoms with Gasteiger partial charge in [0, 0.05) is 16.6 Å². The van der Waals surface area contributed by atoms with E-state index >= 15 is 0 Å². The van der Waals surface area contributed by atoms with Crippen molar-refractivity contribution in [1.29, 1.82) is 0 Å². The molecule has 3 aromatic rings. The Labute approximate surface area is 120 Å². The van der Waals surface area contributed by atoms with E-state index in [9.17, 15) is 9.18 Å². The van der Waals surface area contributed by atoms with E-state index in [1.807, 2.05) is 18.2 Å². The molecular weight excluding hydrogens is 271 g/mol. The first-order valence-corrected chi connectivity index (χ1v) is 6.39. The summed E-state index contributed by atoms with van der Waals surface area (Å²) in [7, 11) is 1.59. The van der Waals surface area contributed by atoms with Gasteiger partial charge in [0.15, 0.2) is 0 Å². The Kier molecular flexibility index (Phi) is 3.31. The summed E-state index contributed by atoms with van der Waals surface area (Å²) in [5.41, 5.74) is 1.65. The van der Waals surface area contributed by atoms with Gasteiger partial charge in [-0.15, -0.1) is 0 Å². The molecule has 0 unspecified atom stereocenters. The number of fused-ring (bicyclic) bond motifs is 1. The van der Waals surface area contributed by atoms with Crippen molar-refractivity contribution in [1.82, 2.24) is 4.98 Å². The number of hydrogen-bond acceptors (Lipinski definition) is 2. The Morgan fingerprint density at radius 3 is 2.81 bits per heavy atom. The fourth-order valence-electron chi connectivity index (χ4n) is 2.12. The summed E-state index contributed by atoms with van der Waals surface area (Å²) < 4.78 is 18.2. The Balaban J connectivity index is 1.87.